The van der Waals surface area contributed by atoms with Crippen LogP contribution in [-0.2, 0) is 4.79 Å². The lowest BCUT2D eigenvalue weighted by Crippen LogP contribution is -2.36. The minimum Gasteiger partial charge on any atom is -0.279 e. The van der Waals surface area contributed by atoms with Gasteiger partial charge in [-0.1, -0.05) is 36.4 Å². The number of halogens is 6. The van der Waals surface area contributed by atoms with Crippen molar-refractivity contribution < 1.29 is 31.1 Å². The number of alkyl halides is 6. The maximum Gasteiger partial charge on any atom is 0.459 e. The van der Waals surface area contributed by atoms with Crippen molar-refractivity contribution in [2.75, 3.05) is 0 Å². The van der Waals surface area contributed by atoms with Crippen LogP contribution in [0.15, 0.2) is 36.4 Å². The molecule has 0 atom stereocenters. The molecule has 0 amide bonds. The molecule has 0 saturated carbocycles. The first-order valence-electron chi connectivity index (χ1n) is 3.84. The zero-order valence-corrected chi connectivity index (χ0v) is 7.64. The fourth-order valence-corrected chi connectivity index (χ4v) is 0.546. The third-order valence-corrected chi connectivity index (χ3v) is 1.18. The Bertz CT molecular complexity index is 270. The van der Waals surface area contributed by atoms with Crippen molar-refractivity contribution in [2.24, 2.45) is 0 Å². The molecule has 0 aliphatic heterocycles. The third kappa shape index (κ3) is 6.05. The molecule has 1 rings (SSSR count). The van der Waals surface area contributed by atoms with Gasteiger partial charge in [0.2, 0.25) is 0 Å². The number of Topliss-reactive ketones (excluding diaryl/α,β-unsaturated/α-hetero) is 1. The number of ketones is 1. The van der Waals surface area contributed by atoms with E-state index in [1.54, 1.807) is 0 Å². The van der Waals surface area contributed by atoms with E-state index >= 15 is 0 Å². The van der Waals surface area contributed by atoms with Crippen LogP contribution < -0.4 is 0 Å². The predicted octanol–water partition coefficient (Wildman–Crippen LogP) is 3.37. The lowest BCUT2D eigenvalue weighted by atomic mass is 10.4. The molecule has 0 heterocycles. The molecule has 16 heavy (non-hydrogen) atoms. The summed E-state index contributed by atoms with van der Waals surface area (Å²) in [5, 5.41) is 0. The molecule has 0 bridgehead atoms. The third-order valence-electron chi connectivity index (χ3n) is 1.18. The standard InChI is InChI=1S/C6H6.C3F6O/c1-2-4-6-5-3-1;4-2(5,6)1(10)3(7,8)9/h1-6H;. The van der Waals surface area contributed by atoms with E-state index in [9.17, 15) is 31.1 Å². The van der Waals surface area contributed by atoms with E-state index in [-0.39, 0.29) is 0 Å². The smallest absolute Gasteiger partial charge is 0.279 e. The Morgan fingerprint density at radius 2 is 0.812 bits per heavy atom. The van der Waals surface area contributed by atoms with Gasteiger partial charge < -0.3 is 0 Å². The molecule has 0 N–H and O–H groups in total. The second-order valence-electron chi connectivity index (χ2n) is 2.48. The SMILES string of the molecule is O=C(C(F)(F)F)C(F)(F)F.c1ccccc1. The van der Waals surface area contributed by atoms with E-state index in [1.165, 1.54) is 0 Å². The fraction of sp³-hybridized carbons (Fsp3) is 0.222. The second-order valence-corrected chi connectivity index (χ2v) is 2.48. The molecule has 0 aromatic heterocycles. The Kier molecular flexibility index (Phi) is 5.00. The quantitative estimate of drug-likeness (QED) is 0.639. The van der Waals surface area contributed by atoms with Gasteiger partial charge in [-0.25, -0.2) is 0 Å². The summed E-state index contributed by atoms with van der Waals surface area (Å²) in [5.41, 5.74) is 0. The second kappa shape index (κ2) is 5.53. The van der Waals surface area contributed by atoms with Crippen molar-refractivity contribution >= 4 is 5.78 Å². The maximum atomic E-state index is 10.9. The van der Waals surface area contributed by atoms with Gasteiger partial charge in [0.15, 0.2) is 0 Å². The minimum atomic E-state index is -5.82. The highest BCUT2D eigenvalue weighted by Gasteiger charge is 2.55. The molecular formula is C9H6F6O. The van der Waals surface area contributed by atoms with Gasteiger partial charge in [0.25, 0.3) is 0 Å². The van der Waals surface area contributed by atoms with Crippen LogP contribution >= 0.6 is 0 Å². The molecular weight excluding hydrogens is 238 g/mol. The molecule has 0 fully saturated rings. The summed E-state index contributed by atoms with van der Waals surface area (Å²) in [6.45, 7) is 0. The summed E-state index contributed by atoms with van der Waals surface area (Å²) in [7, 11) is 0. The number of benzene rings is 1. The van der Waals surface area contributed by atoms with Crippen molar-refractivity contribution in [2.45, 2.75) is 12.4 Å². The number of hydrogen-bond acceptors (Lipinski definition) is 1. The summed E-state index contributed by atoms with van der Waals surface area (Å²) in [4.78, 5) is 9.24. The highest BCUT2D eigenvalue weighted by molar-refractivity contribution is 5.89. The fourth-order valence-electron chi connectivity index (χ4n) is 0.546. The van der Waals surface area contributed by atoms with E-state index in [2.05, 4.69) is 0 Å². The Labute approximate surface area is 86.7 Å². The van der Waals surface area contributed by atoms with Gasteiger partial charge in [-0.3, -0.25) is 4.79 Å². The van der Waals surface area contributed by atoms with Crippen molar-refractivity contribution in [1.29, 1.82) is 0 Å². The van der Waals surface area contributed by atoms with Crippen LogP contribution in [0.25, 0.3) is 0 Å². The van der Waals surface area contributed by atoms with Gasteiger partial charge in [-0.15, -0.1) is 0 Å². The molecule has 0 saturated heterocycles. The molecule has 0 spiro atoms. The first-order chi connectivity index (χ1) is 7.15. The first kappa shape index (κ1) is 14.5. The van der Waals surface area contributed by atoms with Crippen LogP contribution in [0.1, 0.15) is 0 Å². The lowest BCUT2D eigenvalue weighted by molar-refractivity contribution is -0.217. The molecule has 0 aliphatic carbocycles. The molecule has 7 heteroatoms. The van der Waals surface area contributed by atoms with Crippen LogP contribution in [0.5, 0.6) is 0 Å². The average molecular weight is 244 g/mol. The normalized spacial score (nSPS) is 11.4. The van der Waals surface area contributed by atoms with E-state index in [1.807, 2.05) is 36.4 Å². The largest absolute Gasteiger partial charge is 0.459 e. The monoisotopic (exact) mass is 244 g/mol. The average Bonchev–Trinajstić information content (AvgIpc) is 2.17. The summed E-state index contributed by atoms with van der Waals surface area (Å²) in [5.74, 6) is -3.68. The number of rotatable bonds is 0. The van der Waals surface area contributed by atoms with Gasteiger partial charge in [0.1, 0.15) is 0 Å². The predicted molar refractivity (Wildman–Crippen MR) is 43.6 cm³/mol. The Morgan fingerprint density at radius 3 is 0.875 bits per heavy atom. The van der Waals surface area contributed by atoms with Crippen LogP contribution in [0.3, 0.4) is 0 Å². The van der Waals surface area contributed by atoms with Gasteiger partial charge in [-0.2, -0.15) is 26.3 Å². The van der Waals surface area contributed by atoms with Gasteiger partial charge in [-0.05, 0) is 0 Å². The van der Waals surface area contributed by atoms with E-state index in [4.69, 9.17) is 0 Å². The van der Waals surface area contributed by atoms with Crippen molar-refractivity contribution in [3.05, 3.63) is 36.4 Å². The number of carbonyl (C=O) groups excluding carboxylic acids is 1. The Balaban J connectivity index is 0.000000315. The minimum absolute atomic E-state index is 2.00. The molecule has 90 valence electrons. The molecule has 1 aromatic rings. The lowest BCUT2D eigenvalue weighted by Gasteiger charge is -2.06. The Morgan fingerprint density at radius 1 is 0.625 bits per heavy atom. The van der Waals surface area contributed by atoms with E-state index in [0.717, 1.165) is 0 Å². The molecule has 1 nitrogen and oxygen atoms in total. The van der Waals surface area contributed by atoms with Gasteiger partial charge >= 0.3 is 18.1 Å². The van der Waals surface area contributed by atoms with Gasteiger partial charge in [0.05, 0.1) is 0 Å². The molecule has 0 unspecified atom stereocenters. The van der Waals surface area contributed by atoms with Crippen molar-refractivity contribution in [3.63, 3.8) is 0 Å². The summed E-state index contributed by atoms with van der Waals surface area (Å²) in [6, 6.07) is 12.0. The maximum absolute atomic E-state index is 10.9. The van der Waals surface area contributed by atoms with Crippen LogP contribution in [0.4, 0.5) is 26.3 Å². The van der Waals surface area contributed by atoms with Gasteiger partial charge in [0, 0.05) is 0 Å². The number of hydrogen-bond donors (Lipinski definition) is 0. The summed E-state index contributed by atoms with van der Waals surface area (Å²) < 4.78 is 65.3. The number of carbonyl (C=O) groups is 1. The zero-order chi connectivity index (χ0) is 12.8. The van der Waals surface area contributed by atoms with E-state index in [0.29, 0.717) is 0 Å². The summed E-state index contributed by atoms with van der Waals surface area (Å²) in [6.07, 6.45) is -11.6. The highest BCUT2D eigenvalue weighted by atomic mass is 19.4. The first-order valence-corrected chi connectivity index (χ1v) is 3.84. The zero-order valence-electron chi connectivity index (χ0n) is 7.64. The van der Waals surface area contributed by atoms with Crippen molar-refractivity contribution in [3.8, 4) is 0 Å². The van der Waals surface area contributed by atoms with E-state index < -0.39 is 18.1 Å². The van der Waals surface area contributed by atoms with Crippen molar-refractivity contribution in [1.82, 2.24) is 0 Å². The summed E-state index contributed by atoms with van der Waals surface area (Å²) >= 11 is 0. The molecule has 1 aromatic carbocycles. The molecule has 0 radical (unpaired) electrons. The van der Waals surface area contributed by atoms with Crippen LogP contribution in [-0.4, -0.2) is 18.1 Å². The Hall–Kier alpha value is -1.53. The molecule has 0 aliphatic rings. The highest BCUT2D eigenvalue weighted by Crippen LogP contribution is 2.28. The van der Waals surface area contributed by atoms with Crippen LogP contribution in [0, 0.1) is 0 Å². The topological polar surface area (TPSA) is 17.1 Å². The van der Waals surface area contributed by atoms with Crippen LogP contribution in [0.2, 0.25) is 0 Å².